The lowest BCUT2D eigenvalue weighted by Gasteiger charge is -2.11. The van der Waals surface area contributed by atoms with Gasteiger partial charge in [-0.05, 0) is 26.0 Å². The highest BCUT2D eigenvalue weighted by Gasteiger charge is 2.12. The van der Waals surface area contributed by atoms with E-state index < -0.39 is 11.8 Å². The van der Waals surface area contributed by atoms with Crippen LogP contribution in [0.25, 0.3) is 0 Å². The van der Waals surface area contributed by atoms with Crippen LogP contribution >= 0.6 is 15.9 Å². The van der Waals surface area contributed by atoms with Gasteiger partial charge in [-0.25, -0.2) is 4.79 Å². The van der Waals surface area contributed by atoms with Gasteiger partial charge in [0.25, 0.3) is 0 Å². The fourth-order valence-electron chi connectivity index (χ4n) is 1.39. The first-order valence-corrected chi connectivity index (χ1v) is 7.26. The van der Waals surface area contributed by atoms with Crippen LogP contribution in [-0.4, -0.2) is 24.5 Å². The highest BCUT2D eigenvalue weighted by molar-refractivity contribution is 9.09. The summed E-state index contributed by atoms with van der Waals surface area (Å²) in [6.07, 6.45) is 1.17. The average Bonchev–Trinajstić information content (AvgIpc) is 2.42. The summed E-state index contributed by atoms with van der Waals surface area (Å²) in [6, 6.07) is 4.58. The lowest BCUT2D eigenvalue weighted by molar-refractivity contribution is -0.137. The van der Waals surface area contributed by atoms with E-state index in [-0.39, 0.29) is 29.2 Å². The van der Waals surface area contributed by atoms with Gasteiger partial charge in [-0.3, -0.25) is 0 Å². The van der Waals surface area contributed by atoms with Crippen molar-refractivity contribution in [3.05, 3.63) is 35.9 Å². The molecule has 0 amide bonds. The van der Waals surface area contributed by atoms with E-state index in [1.807, 2.05) is 0 Å². The first-order chi connectivity index (χ1) is 9.62. The molecule has 0 radical (unpaired) electrons. The quantitative estimate of drug-likeness (QED) is 0.328. The Morgan fingerprint density at radius 1 is 1.30 bits per heavy atom. The molecule has 0 atom stereocenters. The first kappa shape index (κ1) is 16.5. The Morgan fingerprint density at radius 2 is 2.00 bits per heavy atom. The Bertz CT molecular complexity index is 488. The molecular formula is C14H16BrFO4. The van der Waals surface area contributed by atoms with Crippen molar-refractivity contribution in [2.75, 3.05) is 18.5 Å². The molecule has 4 nitrogen and oxygen atoms in total. The van der Waals surface area contributed by atoms with Crippen molar-refractivity contribution in [3.8, 4) is 11.5 Å². The molecule has 1 aromatic rings. The first-order valence-electron chi connectivity index (χ1n) is 6.14. The van der Waals surface area contributed by atoms with Crippen molar-refractivity contribution in [3.63, 3.8) is 0 Å². The third-order valence-electron chi connectivity index (χ3n) is 2.17. The molecular weight excluding hydrogens is 331 g/mol. The van der Waals surface area contributed by atoms with Crippen LogP contribution in [0.1, 0.15) is 13.8 Å². The molecule has 0 aromatic heterocycles. The summed E-state index contributed by atoms with van der Waals surface area (Å²) >= 11 is 3.17. The topological polar surface area (TPSA) is 44.8 Å². The molecule has 0 fully saturated rings. The summed E-state index contributed by atoms with van der Waals surface area (Å²) in [5.41, 5.74) is 0. The standard InChI is InChI=1S/C14H16BrFO4/c1-3-18-11-6-5-7-12(14(11)16)20-10(9-15)8-13(17)19-4-2/h5-8H,3-4,9H2,1-2H3/b10-8+. The molecule has 20 heavy (non-hydrogen) atoms. The van der Waals surface area contributed by atoms with Crippen molar-refractivity contribution in [1.29, 1.82) is 0 Å². The smallest absolute Gasteiger partial charge is 0.334 e. The number of carbonyl (C=O) groups is 1. The second-order valence-corrected chi connectivity index (χ2v) is 4.16. The van der Waals surface area contributed by atoms with Gasteiger partial charge >= 0.3 is 5.97 Å². The van der Waals surface area contributed by atoms with E-state index in [4.69, 9.17) is 14.2 Å². The number of benzene rings is 1. The van der Waals surface area contributed by atoms with Crippen LogP contribution in [0.3, 0.4) is 0 Å². The highest BCUT2D eigenvalue weighted by Crippen LogP contribution is 2.28. The van der Waals surface area contributed by atoms with Crippen molar-refractivity contribution < 1.29 is 23.4 Å². The lowest BCUT2D eigenvalue weighted by atomic mass is 10.3. The molecule has 6 heteroatoms. The maximum absolute atomic E-state index is 14.0. The van der Waals surface area contributed by atoms with Gasteiger partial charge in [0.2, 0.25) is 5.82 Å². The third-order valence-corrected chi connectivity index (χ3v) is 2.72. The number of hydrogen-bond acceptors (Lipinski definition) is 4. The van der Waals surface area contributed by atoms with Crippen molar-refractivity contribution in [2.45, 2.75) is 13.8 Å². The molecule has 0 saturated heterocycles. The fraction of sp³-hybridized carbons (Fsp3) is 0.357. The van der Waals surface area contributed by atoms with Gasteiger partial charge in [-0.2, -0.15) is 4.39 Å². The zero-order valence-corrected chi connectivity index (χ0v) is 12.9. The highest BCUT2D eigenvalue weighted by atomic mass is 79.9. The van der Waals surface area contributed by atoms with Crippen LogP contribution in [0, 0.1) is 5.82 Å². The second-order valence-electron chi connectivity index (χ2n) is 3.60. The van der Waals surface area contributed by atoms with Crippen LogP contribution in [0.4, 0.5) is 4.39 Å². The molecule has 0 heterocycles. The number of esters is 1. The number of ether oxygens (including phenoxy) is 3. The molecule has 1 rings (SSSR count). The number of alkyl halides is 1. The van der Waals surface area contributed by atoms with E-state index in [1.54, 1.807) is 19.9 Å². The summed E-state index contributed by atoms with van der Waals surface area (Å²) in [4.78, 5) is 11.3. The summed E-state index contributed by atoms with van der Waals surface area (Å²) in [7, 11) is 0. The number of hydrogen-bond donors (Lipinski definition) is 0. The van der Waals surface area contributed by atoms with E-state index in [9.17, 15) is 9.18 Å². The van der Waals surface area contributed by atoms with Gasteiger partial charge in [-0.15, -0.1) is 0 Å². The Hall–Kier alpha value is -1.56. The zero-order valence-electron chi connectivity index (χ0n) is 11.3. The minimum Gasteiger partial charge on any atom is -0.491 e. The van der Waals surface area contributed by atoms with Crippen molar-refractivity contribution in [1.82, 2.24) is 0 Å². The average molecular weight is 347 g/mol. The minimum atomic E-state index is -0.606. The van der Waals surface area contributed by atoms with Gasteiger partial charge in [-0.1, -0.05) is 22.0 Å². The third kappa shape index (κ3) is 4.85. The van der Waals surface area contributed by atoms with E-state index in [2.05, 4.69) is 15.9 Å². The summed E-state index contributed by atoms with van der Waals surface area (Å²) in [6.45, 7) is 4.08. The van der Waals surface area contributed by atoms with Crippen molar-refractivity contribution >= 4 is 21.9 Å². The van der Waals surface area contributed by atoms with Gasteiger partial charge in [0, 0.05) is 0 Å². The monoisotopic (exact) mass is 346 g/mol. The number of carbonyl (C=O) groups excluding carboxylic acids is 1. The predicted molar refractivity (Wildman–Crippen MR) is 76.7 cm³/mol. The van der Waals surface area contributed by atoms with Gasteiger partial charge in [0.1, 0.15) is 5.76 Å². The largest absolute Gasteiger partial charge is 0.491 e. The Balaban J connectivity index is 2.90. The molecule has 0 saturated carbocycles. The van der Waals surface area contributed by atoms with Crippen LogP contribution < -0.4 is 9.47 Å². The SMILES string of the molecule is CCOC(=O)/C=C(\CBr)Oc1cccc(OCC)c1F. The van der Waals surface area contributed by atoms with Gasteiger partial charge < -0.3 is 14.2 Å². The van der Waals surface area contributed by atoms with Crippen molar-refractivity contribution in [2.24, 2.45) is 0 Å². The molecule has 0 unspecified atom stereocenters. The summed E-state index contributed by atoms with van der Waals surface area (Å²) in [5, 5.41) is 0.254. The van der Waals surface area contributed by atoms with Crippen LogP contribution in [-0.2, 0) is 9.53 Å². The Labute approximate surface area is 125 Å². The van der Waals surface area contributed by atoms with Gasteiger partial charge in [0.15, 0.2) is 11.5 Å². The summed E-state index contributed by atoms with van der Waals surface area (Å²) < 4.78 is 29.3. The Kier molecular flexibility index (Phi) is 7.08. The molecule has 0 aliphatic heterocycles. The lowest BCUT2D eigenvalue weighted by Crippen LogP contribution is -2.06. The van der Waals surface area contributed by atoms with Gasteiger partial charge in [0.05, 0.1) is 24.6 Å². The molecule has 0 aliphatic rings. The van der Waals surface area contributed by atoms with E-state index in [0.29, 0.717) is 6.61 Å². The number of rotatable bonds is 7. The fourth-order valence-corrected chi connectivity index (χ4v) is 1.66. The molecule has 1 aromatic carbocycles. The maximum atomic E-state index is 14.0. The second kappa shape index (κ2) is 8.58. The van der Waals surface area contributed by atoms with Crippen LogP contribution in [0.15, 0.2) is 30.0 Å². The molecule has 0 N–H and O–H groups in total. The molecule has 0 aliphatic carbocycles. The summed E-state index contributed by atoms with van der Waals surface area (Å²) in [5.74, 6) is -0.801. The molecule has 0 spiro atoms. The van der Waals surface area contributed by atoms with Crippen LogP contribution in [0.5, 0.6) is 11.5 Å². The molecule has 110 valence electrons. The number of halogens is 2. The van der Waals surface area contributed by atoms with E-state index >= 15 is 0 Å². The normalized spacial score (nSPS) is 11.1. The zero-order chi connectivity index (χ0) is 15.0. The minimum absolute atomic E-state index is 0.00838. The molecule has 0 bridgehead atoms. The maximum Gasteiger partial charge on any atom is 0.334 e. The Morgan fingerprint density at radius 3 is 2.60 bits per heavy atom. The van der Waals surface area contributed by atoms with E-state index in [1.165, 1.54) is 18.2 Å². The number of allylic oxidation sites excluding steroid dienone is 1. The predicted octanol–water partition coefficient (Wildman–Crippen LogP) is 3.45. The van der Waals surface area contributed by atoms with Crippen LogP contribution in [0.2, 0.25) is 0 Å². The van der Waals surface area contributed by atoms with E-state index in [0.717, 1.165) is 0 Å².